The van der Waals surface area contributed by atoms with Crippen molar-refractivity contribution in [1.29, 1.82) is 0 Å². The maximum atomic E-state index is 5.48. The van der Waals surface area contributed by atoms with Crippen molar-refractivity contribution < 1.29 is 0 Å². The van der Waals surface area contributed by atoms with Crippen LogP contribution in [0.1, 0.15) is 24.5 Å². The smallest absolute Gasteiger partial charge is 0.141 e. The maximum absolute atomic E-state index is 5.48. The number of rotatable bonds is 2. The Labute approximate surface area is 88.0 Å². The zero-order valence-electron chi connectivity index (χ0n) is 8.75. The topological polar surface area (TPSA) is 69.6 Å². The Bertz CT molecular complexity index is 445. The van der Waals surface area contributed by atoms with Crippen molar-refractivity contribution in [3.05, 3.63) is 36.3 Å². The Morgan fingerprint density at radius 2 is 2.07 bits per heavy atom. The summed E-state index contributed by atoms with van der Waals surface area (Å²) in [5.74, 6) is 1.40. The van der Waals surface area contributed by atoms with E-state index in [0.717, 1.165) is 11.5 Å². The first kappa shape index (κ1) is 9.64. The largest absolute Gasteiger partial charge is 0.382 e. The standard InChI is InChI=1S/C10H13N5/c1-7(15-4-3-12-8(15)2)9-5-14-10(11)6-13-9/h3-7H,1-2H3,(H2,11,14)/t7-/m0/s1. The molecule has 0 radical (unpaired) electrons. The van der Waals surface area contributed by atoms with E-state index in [4.69, 9.17) is 5.73 Å². The van der Waals surface area contributed by atoms with Gasteiger partial charge in [0.15, 0.2) is 0 Å². The molecule has 1 atom stereocenters. The highest BCUT2D eigenvalue weighted by molar-refractivity contribution is 5.23. The molecule has 0 saturated heterocycles. The highest BCUT2D eigenvalue weighted by Crippen LogP contribution is 2.16. The van der Waals surface area contributed by atoms with Gasteiger partial charge in [-0.3, -0.25) is 4.98 Å². The quantitative estimate of drug-likeness (QED) is 0.795. The highest BCUT2D eigenvalue weighted by atomic mass is 15.1. The van der Waals surface area contributed by atoms with Crippen molar-refractivity contribution >= 4 is 5.82 Å². The van der Waals surface area contributed by atoms with Gasteiger partial charge in [-0.2, -0.15) is 0 Å². The molecule has 2 rings (SSSR count). The molecule has 0 bridgehead atoms. The summed E-state index contributed by atoms with van der Waals surface area (Å²) >= 11 is 0. The lowest BCUT2D eigenvalue weighted by molar-refractivity contribution is 0.600. The van der Waals surface area contributed by atoms with Gasteiger partial charge in [-0.25, -0.2) is 9.97 Å². The molecule has 0 saturated carbocycles. The van der Waals surface area contributed by atoms with Crippen LogP contribution in [0.15, 0.2) is 24.8 Å². The van der Waals surface area contributed by atoms with Gasteiger partial charge in [0.1, 0.15) is 11.6 Å². The third kappa shape index (κ3) is 1.81. The van der Waals surface area contributed by atoms with Gasteiger partial charge in [-0.1, -0.05) is 0 Å². The zero-order valence-corrected chi connectivity index (χ0v) is 8.75. The van der Waals surface area contributed by atoms with Gasteiger partial charge in [0, 0.05) is 12.4 Å². The number of aromatic nitrogens is 4. The Hall–Kier alpha value is -1.91. The van der Waals surface area contributed by atoms with Crippen LogP contribution >= 0.6 is 0 Å². The van der Waals surface area contributed by atoms with Crippen molar-refractivity contribution in [2.45, 2.75) is 19.9 Å². The molecule has 78 valence electrons. The normalized spacial score (nSPS) is 12.7. The van der Waals surface area contributed by atoms with Crippen LogP contribution in [-0.2, 0) is 0 Å². The van der Waals surface area contributed by atoms with E-state index in [0.29, 0.717) is 5.82 Å². The molecule has 0 spiro atoms. The first-order valence-corrected chi connectivity index (χ1v) is 4.75. The lowest BCUT2D eigenvalue weighted by atomic mass is 10.2. The van der Waals surface area contributed by atoms with Crippen molar-refractivity contribution in [3.8, 4) is 0 Å². The minimum Gasteiger partial charge on any atom is -0.382 e. The summed E-state index contributed by atoms with van der Waals surface area (Å²) in [6.07, 6.45) is 6.96. The molecule has 0 fully saturated rings. The molecule has 5 heteroatoms. The molecular formula is C10H13N5. The summed E-state index contributed by atoms with van der Waals surface area (Å²) in [5, 5.41) is 0. The molecule has 2 aromatic heterocycles. The molecule has 0 unspecified atom stereocenters. The summed E-state index contributed by atoms with van der Waals surface area (Å²) in [6.45, 7) is 4.01. The third-order valence-electron chi connectivity index (χ3n) is 2.40. The fourth-order valence-electron chi connectivity index (χ4n) is 1.50. The molecule has 0 aromatic carbocycles. The number of nitrogens with two attached hydrogens (primary N) is 1. The minimum atomic E-state index is 0.126. The van der Waals surface area contributed by atoms with Gasteiger partial charge >= 0.3 is 0 Å². The molecule has 2 N–H and O–H groups in total. The predicted octanol–water partition coefficient (Wildman–Crippen LogP) is 1.17. The summed E-state index contributed by atoms with van der Waals surface area (Å²) < 4.78 is 2.04. The zero-order chi connectivity index (χ0) is 10.8. The lowest BCUT2D eigenvalue weighted by Crippen LogP contribution is -2.10. The van der Waals surface area contributed by atoms with E-state index in [1.165, 1.54) is 0 Å². The third-order valence-corrected chi connectivity index (χ3v) is 2.40. The van der Waals surface area contributed by atoms with E-state index in [1.54, 1.807) is 18.6 Å². The first-order chi connectivity index (χ1) is 7.18. The molecule has 15 heavy (non-hydrogen) atoms. The van der Waals surface area contributed by atoms with Gasteiger partial charge in [0.05, 0.1) is 24.1 Å². The number of aryl methyl sites for hydroxylation is 1. The monoisotopic (exact) mass is 203 g/mol. The fraction of sp³-hybridized carbons (Fsp3) is 0.300. The molecule has 5 nitrogen and oxygen atoms in total. The van der Waals surface area contributed by atoms with Crippen molar-refractivity contribution in [3.63, 3.8) is 0 Å². The van der Waals surface area contributed by atoms with E-state index in [9.17, 15) is 0 Å². The van der Waals surface area contributed by atoms with Crippen LogP contribution in [0.4, 0.5) is 5.82 Å². The van der Waals surface area contributed by atoms with Gasteiger partial charge in [-0.05, 0) is 13.8 Å². The van der Waals surface area contributed by atoms with Gasteiger partial charge in [0.25, 0.3) is 0 Å². The summed E-state index contributed by atoms with van der Waals surface area (Å²) in [5.41, 5.74) is 6.36. The Morgan fingerprint density at radius 1 is 1.27 bits per heavy atom. The minimum absolute atomic E-state index is 0.126. The molecule has 0 amide bonds. The average Bonchev–Trinajstić information content (AvgIpc) is 2.65. The van der Waals surface area contributed by atoms with Crippen LogP contribution < -0.4 is 5.73 Å². The second-order valence-corrected chi connectivity index (χ2v) is 3.42. The Morgan fingerprint density at radius 3 is 2.60 bits per heavy atom. The van der Waals surface area contributed by atoms with Crippen LogP contribution in [0.2, 0.25) is 0 Å². The SMILES string of the molecule is Cc1nccn1[C@@H](C)c1cnc(N)cn1. The average molecular weight is 203 g/mol. The van der Waals surface area contributed by atoms with Crippen molar-refractivity contribution in [1.82, 2.24) is 19.5 Å². The van der Waals surface area contributed by atoms with E-state index in [1.807, 2.05) is 17.7 Å². The Kier molecular flexibility index (Phi) is 2.37. The van der Waals surface area contributed by atoms with Crippen molar-refractivity contribution in [2.75, 3.05) is 5.73 Å². The van der Waals surface area contributed by atoms with Crippen LogP contribution in [0, 0.1) is 6.92 Å². The van der Waals surface area contributed by atoms with Crippen LogP contribution in [-0.4, -0.2) is 19.5 Å². The van der Waals surface area contributed by atoms with Gasteiger partial charge < -0.3 is 10.3 Å². The fourth-order valence-corrected chi connectivity index (χ4v) is 1.50. The molecule has 2 aromatic rings. The summed E-state index contributed by atoms with van der Waals surface area (Å²) in [4.78, 5) is 12.4. The lowest BCUT2D eigenvalue weighted by Gasteiger charge is -2.13. The number of nitrogens with zero attached hydrogens (tertiary/aromatic N) is 4. The van der Waals surface area contributed by atoms with E-state index >= 15 is 0 Å². The van der Waals surface area contributed by atoms with Crippen LogP contribution in [0.5, 0.6) is 0 Å². The number of hydrogen-bond acceptors (Lipinski definition) is 4. The van der Waals surface area contributed by atoms with Gasteiger partial charge in [-0.15, -0.1) is 0 Å². The summed E-state index contributed by atoms with van der Waals surface area (Å²) in [6, 6.07) is 0.126. The Balaban J connectivity index is 2.32. The summed E-state index contributed by atoms with van der Waals surface area (Å²) in [7, 11) is 0. The van der Waals surface area contributed by atoms with Crippen LogP contribution in [0.25, 0.3) is 0 Å². The molecule has 0 aliphatic heterocycles. The first-order valence-electron chi connectivity index (χ1n) is 4.75. The molecule has 0 aliphatic carbocycles. The second kappa shape index (κ2) is 3.68. The number of imidazole rings is 1. The predicted molar refractivity (Wildman–Crippen MR) is 57.2 cm³/mol. The molecule has 0 aliphatic rings. The highest BCUT2D eigenvalue weighted by Gasteiger charge is 2.10. The van der Waals surface area contributed by atoms with Crippen molar-refractivity contribution in [2.24, 2.45) is 0 Å². The molecule has 2 heterocycles. The maximum Gasteiger partial charge on any atom is 0.141 e. The van der Waals surface area contributed by atoms with E-state index < -0.39 is 0 Å². The van der Waals surface area contributed by atoms with Crippen LogP contribution in [0.3, 0.4) is 0 Å². The number of hydrogen-bond donors (Lipinski definition) is 1. The van der Waals surface area contributed by atoms with Gasteiger partial charge in [0.2, 0.25) is 0 Å². The number of nitrogen functional groups attached to an aromatic ring is 1. The number of anilines is 1. The second-order valence-electron chi connectivity index (χ2n) is 3.42. The van der Waals surface area contributed by atoms with E-state index in [-0.39, 0.29) is 6.04 Å². The van der Waals surface area contributed by atoms with E-state index in [2.05, 4.69) is 21.9 Å². The molecular weight excluding hydrogens is 190 g/mol.